The number of aliphatic imine (C=N–C) groups is 1. The molecule has 0 amide bonds. The van der Waals surface area contributed by atoms with Crippen LogP contribution in [0.5, 0.6) is 0 Å². The van der Waals surface area contributed by atoms with Crippen molar-refractivity contribution in [3.63, 3.8) is 0 Å². The number of hydrogen-bond donors (Lipinski definition) is 0. The number of rotatable bonds is 7. The van der Waals surface area contributed by atoms with Crippen LogP contribution in [0.4, 0.5) is 4.39 Å². The SMILES string of the molecule is C[C@@H](CC(=O)Cc1cc2c(cn1)C(OCc1ccccn1)=NC2)c1ccc(F)cc1. The molecule has 1 atom stereocenters. The third kappa shape index (κ3) is 4.76. The summed E-state index contributed by atoms with van der Waals surface area (Å²) in [4.78, 5) is 25.6. The van der Waals surface area contributed by atoms with Gasteiger partial charge in [0.1, 0.15) is 18.2 Å². The van der Waals surface area contributed by atoms with Crippen LogP contribution >= 0.6 is 0 Å². The highest BCUT2D eigenvalue weighted by Gasteiger charge is 2.20. The van der Waals surface area contributed by atoms with Crippen molar-refractivity contribution < 1.29 is 13.9 Å². The molecule has 0 N–H and O–H groups in total. The Morgan fingerprint density at radius 3 is 2.73 bits per heavy atom. The van der Waals surface area contributed by atoms with E-state index in [4.69, 9.17) is 4.74 Å². The van der Waals surface area contributed by atoms with Gasteiger partial charge in [-0.1, -0.05) is 25.1 Å². The molecule has 2 aromatic heterocycles. The van der Waals surface area contributed by atoms with Gasteiger partial charge >= 0.3 is 0 Å². The van der Waals surface area contributed by atoms with E-state index in [1.54, 1.807) is 24.5 Å². The van der Waals surface area contributed by atoms with Crippen LogP contribution in [0.25, 0.3) is 0 Å². The molecule has 1 aliphatic rings. The van der Waals surface area contributed by atoms with Gasteiger partial charge in [0.2, 0.25) is 5.90 Å². The first-order valence-corrected chi connectivity index (χ1v) is 9.91. The van der Waals surface area contributed by atoms with E-state index in [-0.39, 0.29) is 23.9 Å². The monoisotopic (exact) mass is 403 g/mol. The van der Waals surface area contributed by atoms with Crippen LogP contribution in [0.3, 0.4) is 0 Å². The molecule has 0 saturated carbocycles. The van der Waals surface area contributed by atoms with Gasteiger partial charge in [0, 0.05) is 30.9 Å². The van der Waals surface area contributed by atoms with E-state index in [1.807, 2.05) is 31.2 Å². The summed E-state index contributed by atoms with van der Waals surface area (Å²) in [5.74, 6) is 0.420. The van der Waals surface area contributed by atoms with Crippen molar-refractivity contribution in [2.75, 3.05) is 0 Å². The summed E-state index contributed by atoms with van der Waals surface area (Å²) in [6, 6.07) is 13.9. The van der Waals surface area contributed by atoms with Gasteiger partial charge in [0.15, 0.2) is 0 Å². The van der Waals surface area contributed by atoms with Crippen molar-refractivity contribution in [1.82, 2.24) is 9.97 Å². The first-order valence-electron chi connectivity index (χ1n) is 9.91. The predicted molar refractivity (Wildman–Crippen MR) is 112 cm³/mol. The number of fused-ring (bicyclic) bond motifs is 1. The van der Waals surface area contributed by atoms with E-state index in [1.165, 1.54) is 12.1 Å². The van der Waals surface area contributed by atoms with Gasteiger partial charge in [-0.3, -0.25) is 14.8 Å². The van der Waals surface area contributed by atoms with E-state index in [0.717, 1.165) is 28.1 Å². The van der Waals surface area contributed by atoms with Crippen LogP contribution in [0.15, 0.2) is 65.9 Å². The van der Waals surface area contributed by atoms with Crippen LogP contribution in [-0.4, -0.2) is 21.6 Å². The normalized spacial score (nSPS) is 13.5. The van der Waals surface area contributed by atoms with Gasteiger partial charge in [-0.05, 0) is 47.4 Å². The van der Waals surface area contributed by atoms with Crippen molar-refractivity contribution in [2.45, 2.75) is 38.8 Å². The number of carbonyl (C=O) groups excluding carboxylic acids is 1. The minimum absolute atomic E-state index is 0.0301. The van der Waals surface area contributed by atoms with Gasteiger partial charge in [0.25, 0.3) is 0 Å². The summed E-state index contributed by atoms with van der Waals surface area (Å²) in [7, 11) is 0. The lowest BCUT2D eigenvalue weighted by Gasteiger charge is -2.11. The molecule has 0 aliphatic carbocycles. The molecular formula is C24H22FN3O2. The third-order valence-corrected chi connectivity index (χ3v) is 5.10. The number of nitrogens with zero attached hydrogens (tertiary/aromatic N) is 3. The molecule has 30 heavy (non-hydrogen) atoms. The standard InChI is InChI=1S/C24H22FN3O2/c1-16(17-5-7-19(25)8-6-17)10-22(29)12-21-11-18-13-28-24(23(18)14-27-21)30-15-20-4-2-3-9-26-20/h2-9,11,14,16H,10,12-13,15H2,1H3/t16-/m0/s1. The molecule has 0 bridgehead atoms. The lowest BCUT2D eigenvalue weighted by atomic mass is 9.94. The second-order valence-corrected chi connectivity index (χ2v) is 7.44. The minimum atomic E-state index is -0.273. The Labute approximate surface area is 174 Å². The Morgan fingerprint density at radius 2 is 1.97 bits per heavy atom. The van der Waals surface area contributed by atoms with Gasteiger partial charge in [-0.15, -0.1) is 0 Å². The second-order valence-electron chi connectivity index (χ2n) is 7.44. The predicted octanol–water partition coefficient (Wildman–Crippen LogP) is 4.40. The number of ketones is 1. The maximum atomic E-state index is 13.1. The number of ether oxygens (including phenoxy) is 1. The van der Waals surface area contributed by atoms with Gasteiger partial charge in [0.05, 0.1) is 17.8 Å². The van der Waals surface area contributed by atoms with Crippen molar-refractivity contribution in [3.8, 4) is 0 Å². The summed E-state index contributed by atoms with van der Waals surface area (Å²) in [5.41, 5.74) is 4.39. The summed E-state index contributed by atoms with van der Waals surface area (Å²) in [5, 5.41) is 0. The number of Topliss-reactive ketones (excluding diaryl/α,β-unsaturated/α-hetero) is 1. The van der Waals surface area contributed by atoms with E-state index in [9.17, 15) is 9.18 Å². The van der Waals surface area contributed by atoms with Crippen LogP contribution in [-0.2, 0) is 29.1 Å². The highest BCUT2D eigenvalue weighted by atomic mass is 19.1. The molecule has 5 nitrogen and oxygen atoms in total. The number of benzene rings is 1. The highest BCUT2D eigenvalue weighted by molar-refractivity contribution is 5.97. The number of aromatic nitrogens is 2. The minimum Gasteiger partial charge on any atom is -0.471 e. The number of carbonyl (C=O) groups is 1. The van der Waals surface area contributed by atoms with Gasteiger partial charge in [-0.25, -0.2) is 9.38 Å². The number of pyridine rings is 2. The Hall–Kier alpha value is -3.41. The lowest BCUT2D eigenvalue weighted by molar-refractivity contribution is -0.118. The molecule has 3 aromatic rings. The Balaban J connectivity index is 1.34. The molecule has 4 rings (SSSR count). The quantitative estimate of drug-likeness (QED) is 0.587. The average molecular weight is 403 g/mol. The zero-order chi connectivity index (χ0) is 20.9. The summed E-state index contributed by atoms with van der Waals surface area (Å²) in [6.45, 7) is 2.84. The molecule has 0 fully saturated rings. The molecule has 0 radical (unpaired) electrons. The lowest BCUT2D eigenvalue weighted by Crippen LogP contribution is -2.10. The first kappa shape index (κ1) is 19.9. The molecule has 0 spiro atoms. The smallest absolute Gasteiger partial charge is 0.218 e. The van der Waals surface area contributed by atoms with E-state index < -0.39 is 0 Å². The fourth-order valence-electron chi connectivity index (χ4n) is 3.48. The van der Waals surface area contributed by atoms with Crippen molar-refractivity contribution in [3.05, 3.63) is 94.8 Å². The molecule has 1 aromatic carbocycles. The highest BCUT2D eigenvalue weighted by Crippen LogP contribution is 2.23. The van der Waals surface area contributed by atoms with Gasteiger partial charge in [-0.2, -0.15) is 0 Å². The van der Waals surface area contributed by atoms with Crippen LogP contribution in [0, 0.1) is 5.82 Å². The largest absolute Gasteiger partial charge is 0.471 e. The Bertz CT molecular complexity index is 1070. The molecule has 0 saturated heterocycles. The van der Waals surface area contributed by atoms with E-state index in [2.05, 4.69) is 15.0 Å². The van der Waals surface area contributed by atoms with Crippen LogP contribution in [0.2, 0.25) is 0 Å². The fourth-order valence-corrected chi connectivity index (χ4v) is 3.48. The maximum absolute atomic E-state index is 13.1. The maximum Gasteiger partial charge on any atom is 0.218 e. The zero-order valence-electron chi connectivity index (χ0n) is 16.7. The zero-order valence-corrected chi connectivity index (χ0v) is 16.7. The van der Waals surface area contributed by atoms with Crippen LogP contribution < -0.4 is 0 Å². The van der Waals surface area contributed by atoms with E-state index in [0.29, 0.717) is 25.5 Å². The van der Waals surface area contributed by atoms with Gasteiger partial charge < -0.3 is 4.74 Å². The molecular weight excluding hydrogens is 381 g/mol. The average Bonchev–Trinajstić information content (AvgIpc) is 3.15. The second kappa shape index (κ2) is 8.95. The summed E-state index contributed by atoms with van der Waals surface area (Å²) < 4.78 is 18.9. The molecule has 3 heterocycles. The third-order valence-electron chi connectivity index (χ3n) is 5.10. The summed E-state index contributed by atoms with van der Waals surface area (Å²) >= 11 is 0. The molecule has 6 heteroatoms. The number of halogens is 1. The van der Waals surface area contributed by atoms with Crippen molar-refractivity contribution in [1.29, 1.82) is 0 Å². The summed E-state index contributed by atoms with van der Waals surface area (Å²) in [6.07, 6.45) is 4.11. The molecule has 1 aliphatic heterocycles. The number of hydrogen-bond acceptors (Lipinski definition) is 5. The Kier molecular flexibility index (Phi) is 5.93. The molecule has 0 unspecified atom stereocenters. The van der Waals surface area contributed by atoms with Crippen molar-refractivity contribution in [2.24, 2.45) is 4.99 Å². The van der Waals surface area contributed by atoms with E-state index >= 15 is 0 Å². The first-order chi connectivity index (χ1) is 14.6. The fraction of sp³-hybridized carbons (Fsp3) is 0.250. The van der Waals surface area contributed by atoms with Crippen LogP contribution in [0.1, 0.15) is 47.3 Å². The van der Waals surface area contributed by atoms with Crippen molar-refractivity contribution >= 4 is 11.7 Å². The molecule has 152 valence electrons. The Morgan fingerprint density at radius 1 is 1.13 bits per heavy atom. The topological polar surface area (TPSA) is 64.4 Å².